The van der Waals surface area contributed by atoms with Crippen LogP contribution in [0.4, 0.5) is 4.39 Å². The van der Waals surface area contributed by atoms with Crippen molar-refractivity contribution < 1.29 is 9.13 Å². The van der Waals surface area contributed by atoms with Crippen molar-refractivity contribution in [3.63, 3.8) is 0 Å². The van der Waals surface area contributed by atoms with Crippen molar-refractivity contribution >= 4 is 0 Å². The van der Waals surface area contributed by atoms with Crippen LogP contribution in [0.3, 0.4) is 0 Å². The summed E-state index contributed by atoms with van der Waals surface area (Å²) in [6.07, 6.45) is 4.49. The van der Waals surface area contributed by atoms with Gasteiger partial charge in [-0.2, -0.15) is 0 Å². The van der Waals surface area contributed by atoms with Crippen molar-refractivity contribution in [2.24, 2.45) is 5.73 Å². The zero-order valence-corrected chi connectivity index (χ0v) is 13.4. The lowest BCUT2D eigenvalue weighted by molar-refractivity contribution is 0.0760. The van der Waals surface area contributed by atoms with Gasteiger partial charge in [-0.1, -0.05) is 26.7 Å². The number of nitrogens with two attached hydrogens (primary N) is 1. The highest BCUT2D eigenvalue weighted by atomic mass is 19.1. The van der Waals surface area contributed by atoms with Crippen LogP contribution in [0.15, 0.2) is 18.2 Å². The van der Waals surface area contributed by atoms with Crippen molar-refractivity contribution in [3.8, 4) is 5.75 Å². The number of benzene rings is 1. The number of hydrogen-bond donors (Lipinski definition) is 1. The van der Waals surface area contributed by atoms with Gasteiger partial charge >= 0.3 is 0 Å². The van der Waals surface area contributed by atoms with Gasteiger partial charge in [0.25, 0.3) is 0 Å². The Balaban J connectivity index is 2.43. The first-order valence-corrected chi connectivity index (χ1v) is 7.93. The Hall–Kier alpha value is -1.13. The molecular weight excluding hydrogens is 267 g/mol. The van der Waals surface area contributed by atoms with Crippen molar-refractivity contribution in [1.82, 2.24) is 4.90 Å². The van der Waals surface area contributed by atoms with Crippen molar-refractivity contribution in [2.45, 2.75) is 51.1 Å². The van der Waals surface area contributed by atoms with E-state index in [9.17, 15) is 4.39 Å². The Morgan fingerprint density at radius 2 is 1.90 bits per heavy atom. The quantitative estimate of drug-likeness (QED) is 0.873. The average molecular weight is 294 g/mol. The Morgan fingerprint density at radius 1 is 1.29 bits per heavy atom. The smallest absolute Gasteiger partial charge is 0.123 e. The van der Waals surface area contributed by atoms with Crippen molar-refractivity contribution in [3.05, 3.63) is 29.6 Å². The van der Waals surface area contributed by atoms with Gasteiger partial charge in [0.15, 0.2) is 0 Å². The number of rotatable bonds is 6. The second kappa shape index (κ2) is 6.75. The molecular formula is C17H27FN2O. The van der Waals surface area contributed by atoms with Gasteiger partial charge in [0.1, 0.15) is 11.6 Å². The Labute approximate surface area is 127 Å². The molecule has 0 bridgehead atoms. The second-order valence-electron chi connectivity index (χ2n) is 5.85. The van der Waals surface area contributed by atoms with Crippen LogP contribution in [0.2, 0.25) is 0 Å². The molecule has 1 aromatic carbocycles. The number of halogens is 1. The van der Waals surface area contributed by atoms with Crippen molar-refractivity contribution in [1.29, 1.82) is 0 Å². The molecule has 0 radical (unpaired) electrons. The van der Waals surface area contributed by atoms with E-state index in [1.54, 1.807) is 13.2 Å². The molecule has 1 aromatic rings. The Kier molecular flexibility index (Phi) is 5.22. The predicted octanol–water partition coefficient (Wildman–Crippen LogP) is 3.49. The Morgan fingerprint density at radius 3 is 2.43 bits per heavy atom. The summed E-state index contributed by atoms with van der Waals surface area (Å²) in [4.78, 5) is 2.44. The highest BCUT2D eigenvalue weighted by Gasteiger charge is 2.44. The molecule has 1 fully saturated rings. The summed E-state index contributed by atoms with van der Waals surface area (Å²) < 4.78 is 19.1. The van der Waals surface area contributed by atoms with E-state index < -0.39 is 0 Å². The summed E-state index contributed by atoms with van der Waals surface area (Å²) in [6, 6.07) is 4.40. The summed E-state index contributed by atoms with van der Waals surface area (Å²) in [7, 11) is 1.61. The molecule has 0 heterocycles. The first-order valence-electron chi connectivity index (χ1n) is 7.93. The average Bonchev–Trinajstić information content (AvgIpc) is 2.98. The lowest BCUT2D eigenvalue weighted by Gasteiger charge is -2.45. The van der Waals surface area contributed by atoms with E-state index in [2.05, 4.69) is 18.7 Å². The molecule has 1 unspecified atom stereocenters. The predicted molar refractivity (Wildman–Crippen MR) is 84.0 cm³/mol. The maximum atomic E-state index is 13.7. The first kappa shape index (κ1) is 16.2. The van der Waals surface area contributed by atoms with Gasteiger partial charge in [-0.15, -0.1) is 0 Å². The number of nitrogens with zero attached hydrogens (tertiary/aromatic N) is 1. The van der Waals surface area contributed by atoms with Gasteiger partial charge in [-0.05, 0) is 44.1 Å². The lowest BCUT2D eigenvalue weighted by Crippen LogP contribution is -2.53. The molecule has 2 rings (SSSR count). The van der Waals surface area contributed by atoms with Gasteiger partial charge in [0.2, 0.25) is 0 Å². The van der Waals surface area contributed by atoms with Crippen LogP contribution in [-0.4, -0.2) is 30.6 Å². The highest BCUT2D eigenvalue weighted by Crippen LogP contribution is 2.45. The molecule has 2 N–H and O–H groups in total. The molecule has 0 saturated heterocycles. The van der Waals surface area contributed by atoms with E-state index in [1.807, 2.05) is 0 Å². The first-order chi connectivity index (χ1) is 10.1. The third-order valence-corrected chi connectivity index (χ3v) is 4.97. The normalized spacial score (nSPS) is 19.0. The minimum Gasteiger partial charge on any atom is -0.496 e. The second-order valence-corrected chi connectivity index (χ2v) is 5.85. The number of likely N-dealkylation sites (N-methyl/N-ethyl adjacent to an activating group) is 1. The van der Waals surface area contributed by atoms with E-state index in [1.165, 1.54) is 25.0 Å². The summed E-state index contributed by atoms with van der Waals surface area (Å²) in [5.41, 5.74) is 7.35. The van der Waals surface area contributed by atoms with Gasteiger partial charge < -0.3 is 10.5 Å². The summed E-state index contributed by atoms with van der Waals surface area (Å²) >= 11 is 0. The largest absolute Gasteiger partial charge is 0.496 e. The molecule has 118 valence electrons. The molecule has 1 aliphatic carbocycles. The summed E-state index contributed by atoms with van der Waals surface area (Å²) in [5, 5.41) is 0. The van der Waals surface area contributed by atoms with E-state index >= 15 is 0 Å². The minimum absolute atomic E-state index is 0.0788. The fourth-order valence-corrected chi connectivity index (χ4v) is 3.90. The van der Waals surface area contributed by atoms with Crippen LogP contribution >= 0.6 is 0 Å². The third-order valence-electron chi connectivity index (χ3n) is 4.97. The molecule has 1 aliphatic rings. The van der Waals surface area contributed by atoms with E-state index in [0.29, 0.717) is 5.75 Å². The third kappa shape index (κ3) is 2.92. The molecule has 0 aliphatic heterocycles. The maximum absolute atomic E-state index is 13.7. The van der Waals surface area contributed by atoms with Gasteiger partial charge in [0.05, 0.1) is 13.2 Å². The van der Waals surface area contributed by atoms with Gasteiger partial charge in [-0.3, -0.25) is 4.90 Å². The molecule has 4 heteroatoms. The maximum Gasteiger partial charge on any atom is 0.123 e. The number of ether oxygens (including phenoxy) is 1. The number of methoxy groups -OCH3 is 1. The summed E-state index contributed by atoms with van der Waals surface area (Å²) in [5.74, 6) is 0.427. The van der Waals surface area contributed by atoms with E-state index in [0.717, 1.165) is 31.5 Å². The van der Waals surface area contributed by atoms with E-state index in [4.69, 9.17) is 10.5 Å². The highest BCUT2D eigenvalue weighted by molar-refractivity contribution is 5.38. The van der Waals surface area contributed by atoms with E-state index in [-0.39, 0.29) is 17.4 Å². The Bertz CT molecular complexity index is 468. The molecule has 21 heavy (non-hydrogen) atoms. The standard InChI is InChI=1S/C17H27FN2O/c1-4-20(5-2)17(10-6-7-11-17)16(19)14-12-13(18)8-9-15(14)21-3/h8-9,12,16H,4-7,10-11,19H2,1-3H3. The van der Waals surface area contributed by atoms with Crippen LogP contribution < -0.4 is 10.5 Å². The lowest BCUT2D eigenvalue weighted by atomic mass is 9.82. The topological polar surface area (TPSA) is 38.5 Å². The fraction of sp³-hybridized carbons (Fsp3) is 0.647. The monoisotopic (exact) mass is 294 g/mol. The molecule has 0 amide bonds. The molecule has 1 saturated carbocycles. The van der Waals surface area contributed by atoms with Crippen LogP contribution in [0.5, 0.6) is 5.75 Å². The molecule has 1 atom stereocenters. The SMILES string of the molecule is CCN(CC)C1(C(N)c2cc(F)ccc2OC)CCCC1. The van der Waals surface area contributed by atoms with Crippen LogP contribution in [0.25, 0.3) is 0 Å². The van der Waals surface area contributed by atoms with Gasteiger partial charge in [0, 0.05) is 11.1 Å². The molecule has 0 aromatic heterocycles. The zero-order chi connectivity index (χ0) is 15.5. The fourth-order valence-electron chi connectivity index (χ4n) is 3.90. The summed E-state index contributed by atoms with van der Waals surface area (Å²) in [6.45, 7) is 6.25. The van der Waals surface area contributed by atoms with Gasteiger partial charge in [-0.25, -0.2) is 4.39 Å². The van der Waals surface area contributed by atoms with Crippen molar-refractivity contribution in [2.75, 3.05) is 20.2 Å². The van der Waals surface area contributed by atoms with Crippen LogP contribution in [-0.2, 0) is 0 Å². The molecule has 0 spiro atoms. The minimum atomic E-state index is -0.256. The molecule has 3 nitrogen and oxygen atoms in total. The number of hydrogen-bond acceptors (Lipinski definition) is 3. The van der Waals surface area contributed by atoms with Crippen LogP contribution in [0, 0.1) is 5.82 Å². The van der Waals surface area contributed by atoms with Crippen LogP contribution in [0.1, 0.15) is 51.1 Å². The zero-order valence-electron chi connectivity index (χ0n) is 13.4.